The van der Waals surface area contributed by atoms with Crippen molar-refractivity contribution in [2.75, 3.05) is 45.6 Å². The third-order valence-electron chi connectivity index (χ3n) is 7.98. The van der Waals surface area contributed by atoms with E-state index in [4.69, 9.17) is 15.2 Å². The van der Waals surface area contributed by atoms with Crippen LogP contribution in [0.1, 0.15) is 44.7 Å². The van der Waals surface area contributed by atoms with Crippen molar-refractivity contribution in [1.82, 2.24) is 34.6 Å². The first-order chi connectivity index (χ1) is 20.2. The summed E-state index contributed by atoms with van der Waals surface area (Å²) in [4.78, 5) is 53.0. The molecule has 3 aliphatic heterocycles. The quantitative estimate of drug-likeness (QED) is 0.311. The SMILES string of the molecule is CCNC(=O)[C@H]1O[C@@H](n2cnc3c(N)nc(C#CCC4CCN(C(=O)OCC5CCN(C)C5=O)CC4)nc32)[C@@H](O)C1O. The average molecular weight is 585 g/mol. The highest BCUT2D eigenvalue weighted by atomic mass is 16.6. The number of aliphatic hydroxyl groups is 2. The number of nitrogens with two attached hydrogens (primary N) is 1. The zero-order valence-electron chi connectivity index (χ0n) is 23.6. The third kappa shape index (κ3) is 5.96. The molecule has 2 unspecified atom stereocenters. The molecule has 5 atom stereocenters. The molecule has 2 aromatic rings. The van der Waals surface area contributed by atoms with Gasteiger partial charge < -0.3 is 40.5 Å². The van der Waals surface area contributed by atoms with Crippen LogP contribution in [0.5, 0.6) is 0 Å². The molecule has 5 rings (SSSR count). The van der Waals surface area contributed by atoms with Crippen LogP contribution in [0.4, 0.5) is 10.6 Å². The van der Waals surface area contributed by atoms with Crippen LogP contribution in [0, 0.1) is 23.7 Å². The molecular weight excluding hydrogens is 548 g/mol. The van der Waals surface area contributed by atoms with E-state index in [1.165, 1.54) is 10.9 Å². The summed E-state index contributed by atoms with van der Waals surface area (Å²) in [6.45, 7) is 3.97. The number of fused-ring (bicyclic) bond motifs is 1. The number of ether oxygens (including phenoxy) is 2. The van der Waals surface area contributed by atoms with Gasteiger partial charge in [0.25, 0.3) is 5.91 Å². The van der Waals surface area contributed by atoms with E-state index in [1.54, 1.807) is 23.8 Å². The number of carbonyl (C=O) groups is 3. The lowest BCUT2D eigenvalue weighted by atomic mass is 9.94. The first-order valence-corrected chi connectivity index (χ1v) is 14.1. The van der Waals surface area contributed by atoms with Crippen molar-refractivity contribution in [2.45, 2.75) is 57.1 Å². The Labute approximate surface area is 242 Å². The number of rotatable bonds is 6. The van der Waals surface area contributed by atoms with E-state index < -0.39 is 36.5 Å². The Morgan fingerprint density at radius 2 is 1.95 bits per heavy atom. The van der Waals surface area contributed by atoms with Crippen molar-refractivity contribution in [1.29, 1.82) is 0 Å². The number of hydrogen-bond acceptors (Lipinski definition) is 11. The number of imidazole rings is 1. The summed E-state index contributed by atoms with van der Waals surface area (Å²) in [5, 5.41) is 23.6. The topological polar surface area (TPSA) is 198 Å². The maximum atomic E-state index is 12.5. The molecular formula is C27H36N8O7. The van der Waals surface area contributed by atoms with Crippen molar-refractivity contribution in [2.24, 2.45) is 11.8 Å². The van der Waals surface area contributed by atoms with E-state index >= 15 is 0 Å². The largest absolute Gasteiger partial charge is 0.449 e. The highest BCUT2D eigenvalue weighted by Gasteiger charge is 2.47. The number of piperidine rings is 1. The Bertz CT molecular complexity index is 1400. The maximum absolute atomic E-state index is 12.5. The second-order valence-electron chi connectivity index (χ2n) is 10.8. The van der Waals surface area contributed by atoms with Crippen LogP contribution in [-0.4, -0.2) is 116 Å². The number of nitrogens with one attached hydrogen (secondary N) is 1. The van der Waals surface area contributed by atoms with Gasteiger partial charge >= 0.3 is 6.09 Å². The molecule has 15 nitrogen and oxygen atoms in total. The number of nitrogens with zero attached hydrogens (tertiary/aromatic N) is 6. The highest BCUT2D eigenvalue weighted by molar-refractivity contribution is 5.83. The molecule has 0 aromatic carbocycles. The van der Waals surface area contributed by atoms with Gasteiger partial charge in [0.05, 0.1) is 12.2 Å². The smallest absolute Gasteiger partial charge is 0.409 e. The first-order valence-electron chi connectivity index (χ1n) is 14.1. The number of aliphatic hydroxyl groups excluding tert-OH is 2. The molecule has 0 saturated carbocycles. The lowest BCUT2D eigenvalue weighted by Crippen LogP contribution is -2.42. The van der Waals surface area contributed by atoms with Crippen molar-refractivity contribution < 1.29 is 34.1 Å². The van der Waals surface area contributed by atoms with Crippen LogP contribution in [0.3, 0.4) is 0 Å². The molecule has 226 valence electrons. The molecule has 2 aromatic heterocycles. The Morgan fingerprint density at radius 1 is 1.19 bits per heavy atom. The molecule has 0 spiro atoms. The fourth-order valence-corrected chi connectivity index (χ4v) is 5.47. The molecule has 3 amide bonds. The molecule has 15 heteroatoms. The number of anilines is 1. The van der Waals surface area contributed by atoms with E-state index in [9.17, 15) is 24.6 Å². The molecule has 0 aliphatic carbocycles. The normalized spacial score (nSPS) is 26.4. The minimum atomic E-state index is -1.44. The summed E-state index contributed by atoms with van der Waals surface area (Å²) in [7, 11) is 1.75. The van der Waals surface area contributed by atoms with Crippen LogP contribution in [-0.2, 0) is 19.1 Å². The van der Waals surface area contributed by atoms with Gasteiger partial charge in [0.15, 0.2) is 23.8 Å². The van der Waals surface area contributed by atoms with Gasteiger partial charge in [0.2, 0.25) is 11.7 Å². The molecule has 0 bridgehead atoms. The van der Waals surface area contributed by atoms with Crippen LogP contribution in [0.15, 0.2) is 6.33 Å². The average Bonchev–Trinajstić information content (AvgIpc) is 3.63. The number of likely N-dealkylation sites (N-methyl/N-ethyl adjacent to an activating group) is 1. The van der Waals surface area contributed by atoms with E-state index in [1.807, 2.05) is 0 Å². The molecule has 5 N–H and O–H groups in total. The molecule has 3 aliphatic rings. The van der Waals surface area contributed by atoms with Crippen molar-refractivity contribution in [3.63, 3.8) is 0 Å². The predicted molar refractivity (Wildman–Crippen MR) is 147 cm³/mol. The number of amides is 3. The lowest BCUT2D eigenvalue weighted by molar-refractivity contribution is -0.137. The van der Waals surface area contributed by atoms with Crippen molar-refractivity contribution in [3.05, 3.63) is 12.2 Å². The van der Waals surface area contributed by atoms with Gasteiger partial charge in [-0.1, -0.05) is 5.92 Å². The molecule has 42 heavy (non-hydrogen) atoms. The van der Waals surface area contributed by atoms with E-state index in [-0.39, 0.29) is 47.2 Å². The zero-order chi connectivity index (χ0) is 30.0. The Morgan fingerprint density at radius 3 is 2.64 bits per heavy atom. The zero-order valence-corrected chi connectivity index (χ0v) is 23.6. The monoisotopic (exact) mass is 584 g/mol. The lowest BCUT2D eigenvalue weighted by Gasteiger charge is -2.30. The summed E-state index contributed by atoms with van der Waals surface area (Å²) in [6.07, 6.45) is -1.47. The summed E-state index contributed by atoms with van der Waals surface area (Å²) < 4.78 is 12.5. The Kier molecular flexibility index (Phi) is 8.76. The van der Waals surface area contributed by atoms with Gasteiger partial charge in [-0.3, -0.25) is 14.2 Å². The van der Waals surface area contributed by atoms with Crippen LogP contribution in [0.2, 0.25) is 0 Å². The molecule has 3 saturated heterocycles. The van der Waals surface area contributed by atoms with Gasteiger partial charge in [-0.25, -0.2) is 19.7 Å². The van der Waals surface area contributed by atoms with E-state index in [0.29, 0.717) is 39.0 Å². The van der Waals surface area contributed by atoms with Gasteiger partial charge in [-0.05, 0) is 38.0 Å². The summed E-state index contributed by atoms with van der Waals surface area (Å²) in [6, 6.07) is 0. The third-order valence-corrected chi connectivity index (χ3v) is 7.98. The predicted octanol–water partition coefficient (Wildman–Crippen LogP) is -0.768. The highest BCUT2D eigenvalue weighted by Crippen LogP contribution is 2.32. The number of aromatic nitrogens is 4. The fraction of sp³-hybridized carbons (Fsp3) is 0.630. The first kappa shape index (κ1) is 29.5. The van der Waals surface area contributed by atoms with Gasteiger partial charge in [-0.2, -0.15) is 0 Å². The van der Waals surface area contributed by atoms with Crippen LogP contribution in [0.25, 0.3) is 11.2 Å². The molecule has 3 fully saturated rings. The summed E-state index contributed by atoms with van der Waals surface area (Å²) in [5.74, 6) is 5.78. The molecule has 0 radical (unpaired) electrons. The number of nitrogen functional groups attached to an aromatic ring is 1. The van der Waals surface area contributed by atoms with E-state index in [2.05, 4.69) is 32.1 Å². The van der Waals surface area contributed by atoms with Gasteiger partial charge in [0.1, 0.15) is 24.3 Å². The Hall–Kier alpha value is -4.00. The van der Waals surface area contributed by atoms with E-state index in [0.717, 1.165) is 12.8 Å². The van der Waals surface area contributed by atoms with Crippen LogP contribution >= 0.6 is 0 Å². The summed E-state index contributed by atoms with van der Waals surface area (Å²) >= 11 is 0. The van der Waals surface area contributed by atoms with Crippen LogP contribution < -0.4 is 11.1 Å². The number of likely N-dealkylation sites (tertiary alicyclic amines) is 2. The second-order valence-corrected chi connectivity index (χ2v) is 10.8. The standard InChI is InChI=1S/C27H36N8O7/c1-3-29-24(38)21-19(36)20(37)26(42-21)35-14-30-18-22(28)31-17(32-23(18)35)6-4-5-15-7-11-34(12-8-15)27(40)41-13-16-9-10-33(2)25(16)39/h14-16,19-21,26,36-37H,3,5,7-13H2,1-2H3,(H,29,38)(H2,28,31,32)/t16?,19?,20-,21-,26+/m0/s1. The number of hydrogen-bond donors (Lipinski definition) is 4. The Balaban J connectivity index is 1.17. The summed E-state index contributed by atoms with van der Waals surface area (Å²) in [5.41, 5.74) is 6.62. The minimum absolute atomic E-state index is 0.0165. The van der Waals surface area contributed by atoms with Crippen molar-refractivity contribution in [3.8, 4) is 11.8 Å². The fourth-order valence-electron chi connectivity index (χ4n) is 5.47. The van der Waals surface area contributed by atoms with Crippen molar-refractivity contribution >= 4 is 34.9 Å². The second kappa shape index (κ2) is 12.5. The maximum Gasteiger partial charge on any atom is 0.409 e. The minimum Gasteiger partial charge on any atom is -0.449 e. The molecule has 5 heterocycles. The number of carbonyl (C=O) groups excluding carboxylic acids is 3. The van der Waals surface area contributed by atoms with Gasteiger partial charge in [-0.15, -0.1) is 0 Å². The van der Waals surface area contributed by atoms with Gasteiger partial charge in [0, 0.05) is 39.6 Å².